The first-order valence-corrected chi connectivity index (χ1v) is 9.07. The topological polar surface area (TPSA) is 99.8 Å². The maximum absolute atomic E-state index is 12.5. The van der Waals surface area contributed by atoms with Gasteiger partial charge in [-0.2, -0.15) is 0 Å². The fraction of sp³-hybridized carbons (Fsp3) is 0.250. The van der Waals surface area contributed by atoms with Crippen LogP contribution in [0.3, 0.4) is 0 Å². The molecule has 2 aliphatic rings. The van der Waals surface area contributed by atoms with Crippen LogP contribution in [0.5, 0.6) is 11.5 Å². The molecule has 2 unspecified atom stereocenters. The third-order valence-corrected chi connectivity index (χ3v) is 4.78. The number of anilines is 1. The molecule has 2 aromatic rings. The van der Waals surface area contributed by atoms with Crippen LogP contribution in [0.25, 0.3) is 0 Å². The quantitative estimate of drug-likeness (QED) is 0.752. The zero-order valence-electron chi connectivity index (χ0n) is 15.1. The zero-order chi connectivity index (χ0) is 19.5. The zero-order valence-corrected chi connectivity index (χ0v) is 15.1. The molecule has 8 heteroatoms. The van der Waals surface area contributed by atoms with Gasteiger partial charge in [0.05, 0.1) is 18.3 Å². The van der Waals surface area contributed by atoms with Crippen molar-refractivity contribution in [3.8, 4) is 11.5 Å². The predicted molar refractivity (Wildman–Crippen MR) is 102 cm³/mol. The molecule has 2 saturated heterocycles. The molecule has 0 saturated carbocycles. The molecular formula is C20H20N4O4. The summed E-state index contributed by atoms with van der Waals surface area (Å²) in [4.78, 5) is 37.8. The summed E-state index contributed by atoms with van der Waals surface area (Å²) < 4.78 is 5.84. The number of benzene rings is 2. The lowest BCUT2D eigenvalue weighted by molar-refractivity contribution is -0.143. The number of hydrogen-bond acceptors (Lipinski definition) is 4. The van der Waals surface area contributed by atoms with Crippen LogP contribution >= 0.6 is 0 Å². The molecule has 2 fully saturated rings. The number of ether oxygens (including phenoxy) is 1. The van der Waals surface area contributed by atoms with E-state index in [1.807, 2.05) is 36.4 Å². The third-order valence-electron chi connectivity index (χ3n) is 4.78. The molecule has 2 heterocycles. The molecule has 2 atom stereocenters. The number of fused-ring (bicyclic) bond motifs is 1. The highest BCUT2D eigenvalue weighted by atomic mass is 16.5. The Labute approximate surface area is 161 Å². The number of piperazine rings is 1. The van der Waals surface area contributed by atoms with Crippen molar-refractivity contribution in [3.63, 3.8) is 0 Å². The number of para-hydroxylation sites is 3. The standard InChI is InChI=1S/C20H20N4O4/c25-18-11-21-19(26)16-10-13(12-24(16)18)22-20(27)23-15-8-4-5-9-17(15)28-14-6-2-1-3-7-14/h1-9,13,16H,10-12H2,(H,21,26)(H2,22,23,27). The van der Waals surface area contributed by atoms with Crippen molar-refractivity contribution in [3.05, 3.63) is 54.6 Å². The molecule has 2 aliphatic heterocycles. The van der Waals surface area contributed by atoms with E-state index >= 15 is 0 Å². The molecule has 0 radical (unpaired) electrons. The van der Waals surface area contributed by atoms with E-state index in [4.69, 9.17) is 4.74 Å². The van der Waals surface area contributed by atoms with E-state index in [9.17, 15) is 14.4 Å². The SMILES string of the molecule is O=C(Nc1ccccc1Oc1ccccc1)NC1CC2C(=O)NCC(=O)N2C1. The maximum Gasteiger partial charge on any atom is 0.319 e. The molecule has 0 bridgehead atoms. The van der Waals surface area contributed by atoms with E-state index in [1.165, 1.54) is 4.90 Å². The second-order valence-electron chi connectivity index (χ2n) is 6.72. The molecule has 8 nitrogen and oxygen atoms in total. The van der Waals surface area contributed by atoms with Crippen LogP contribution in [0.15, 0.2) is 54.6 Å². The highest BCUT2D eigenvalue weighted by Crippen LogP contribution is 2.29. The normalized spacial score (nSPS) is 20.9. The minimum atomic E-state index is -0.514. The fourth-order valence-electron chi connectivity index (χ4n) is 3.47. The van der Waals surface area contributed by atoms with Crippen LogP contribution < -0.4 is 20.7 Å². The first-order valence-electron chi connectivity index (χ1n) is 9.07. The Balaban J connectivity index is 1.39. The van der Waals surface area contributed by atoms with Gasteiger partial charge in [-0.1, -0.05) is 30.3 Å². The molecule has 0 aromatic heterocycles. The van der Waals surface area contributed by atoms with E-state index in [0.29, 0.717) is 30.2 Å². The Morgan fingerprint density at radius 1 is 1.07 bits per heavy atom. The molecule has 144 valence electrons. The summed E-state index contributed by atoms with van der Waals surface area (Å²) in [6, 6.07) is 15.2. The first kappa shape index (κ1) is 17.8. The van der Waals surface area contributed by atoms with Gasteiger partial charge < -0.3 is 25.6 Å². The van der Waals surface area contributed by atoms with E-state index in [0.717, 1.165) is 0 Å². The van der Waals surface area contributed by atoms with Gasteiger partial charge in [-0.25, -0.2) is 4.79 Å². The molecule has 2 aromatic carbocycles. The van der Waals surface area contributed by atoms with Crippen LogP contribution in [-0.4, -0.2) is 47.9 Å². The van der Waals surface area contributed by atoms with E-state index < -0.39 is 12.1 Å². The van der Waals surface area contributed by atoms with Gasteiger partial charge in [-0.3, -0.25) is 9.59 Å². The van der Waals surface area contributed by atoms with E-state index in [1.54, 1.807) is 18.2 Å². The monoisotopic (exact) mass is 380 g/mol. The van der Waals surface area contributed by atoms with Crippen molar-refractivity contribution < 1.29 is 19.1 Å². The highest BCUT2D eigenvalue weighted by Gasteiger charge is 2.42. The molecule has 3 N–H and O–H groups in total. The smallest absolute Gasteiger partial charge is 0.319 e. The van der Waals surface area contributed by atoms with Crippen molar-refractivity contribution >= 4 is 23.5 Å². The lowest BCUT2D eigenvalue weighted by Crippen LogP contribution is -2.55. The second-order valence-corrected chi connectivity index (χ2v) is 6.72. The van der Waals surface area contributed by atoms with Crippen LogP contribution in [0, 0.1) is 0 Å². The number of nitrogens with zero attached hydrogens (tertiary/aromatic N) is 1. The average Bonchev–Trinajstić information content (AvgIpc) is 3.12. The largest absolute Gasteiger partial charge is 0.455 e. The minimum Gasteiger partial charge on any atom is -0.455 e. The molecule has 4 amide bonds. The summed E-state index contributed by atoms with van der Waals surface area (Å²) >= 11 is 0. The van der Waals surface area contributed by atoms with Gasteiger partial charge in [0.2, 0.25) is 11.8 Å². The van der Waals surface area contributed by atoms with E-state index in [2.05, 4.69) is 16.0 Å². The van der Waals surface area contributed by atoms with Gasteiger partial charge in [0.1, 0.15) is 11.8 Å². The summed E-state index contributed by atoms with van der Waals surface area (Å²) in [5, 5.41) is 8.19. The van der Waals surface area contributed by atoms with Crippen LogP contribution in [0.2, 0.25) is 0 Å². The van der Waals surface area contributed by atoms with Crippen molar-refractivity contribution in [1.82, 2.24) is 15.5 Å². The van der Waals surface area contributed by atoms with Crippen molar-refractivity contribution in [1.29, 1.82) is 0 Å². The van der Waals surface area contributed by atoms with Crippen LogP contribution in [-0.2, 0) is 9.59 Å². The number of rotatable bonds is 4. The summed E-state index contributed by atoms with van der Waals surface area (Å²) in [6.07, 6.45) is 0.396. The number of amides is 4. The lowest BCUT2D eigenvalue weighted by Gasteiger charge is -2.28. The number of carbonyl (C=O) groups is 3. The van der Waals surface area contributed by atoms with Gasteiger partial charge in [-0.15, -0.1) is 0 Å². The van der Waals surface area contributed by atoms with Crippen molar-refractivity contribution in [2.24, 2.45) is 0 Å². The van der Waals surface area contributed by atoms with Crippen LogP contribution in [0.1, 0.15) is 6.42 Å². The molecule has 0 spiro atoms. The molecule has 4 rings (SSSR count). The predicted octanol–water partition coefficient (Wildman–Crippen LogP) is 1.70. The average molecular weight is 380 g/mol. The van der Waals surface area contributed by atoms with Crippen molar-refractivity contribution in [2.75, 3.05) is 18.4 Å². The number of hydrogen-bond donors (Lipinski definition) is 3. The van der Waals surface area contributed by atoms with Gasteiger partial charge in [0.25, 0.3) is 0 Å². The number of carbonyl (C=O) groups excluding carboxylic acids is 3. The summed E-state index contributed by atoms with van der Waals surface area (Å²) in [5.74, 6) is 0.874. The Kier molecular flexibility index (Phi) is 4.84. The maximum atomic E-state index is 12.5. The summed E-state index contributed by atoms with van der Waals surface area (Å²) in [7, 11) is 0. The Morgan fingerprint density at radius 3 is 2.61 bits per heavy atom. The van der Waals surface area contributed by atoms with Crippen molar-refractivity contribution in [2.45, 2.75) is 18.5 Å². The Hall–Kier alpha value is -3.55. The molecule has 28 heavy (non-hydrogen) atoms. The third kappa shape index (κ3) is 3.75. The highest BCUT2D eigenvalue weighted by molar-refractivity contribution is 5.96. The fourth-order valence-corrected chi connectivity index (χ4v) is 3.47. The molecular weight excluding hydrogens is 360 g/mol. The van der Waals surface area contributed by atoms with Gasteiger partial charge in [0, 0.05) is 6.54 Å². The molecule has 0 aliphatic carbocycles. The summed E-state index contributed by atoms with van der Waals surface area (Å²) in [5.41, 5.74) is 0.522. The number of urea groups is 1. The van der Waals surface area contributed by atoms with Crippen LogP contribution in [0.4, 0.5) is 10.5 Å². The summed E-state index contributed by atoms with van der Waals surface area (Å²) in [6.45, 7) is 0.338. The second kappa shape index (κ2) is 7.59. The first-order chi connectivity index (χ1) is 13.6. The number of nitrogens with one attached hydrogen (secondary N) is 3. The van der Waals surface area contributed by atoms with Gasteiger partial charge >= 0.3 is 6.03 Å². The Bertz CT molecular complexity index is 878. The Morgan fingerprint density at radius 2 is 1.82 bits per heavy atom. The van der Waals surface area contributed by atoms with Gasteiger partial charge in [0.15, 0.2) is 5.75 Å². The van der Waals surface area contributed by atoms with E-state index in [-0.39, 0.29) is 24.4 Å². The minimum absolute atomic E-state index is 0.0124. The lowest BCUT2D eigenvalue weighted by atomic mass is 10.1. The van der Waals surface area contributed by atoms with Gasteiger partial charge in [-0.05, 0) is 30.7 Å².